The molecule has 0 radical (unpaired) electrons. The van der Waals surface area contributed by atoms with Crippen molar-refractivity contribution in [3.63, 3.8) is 0 Å². The predicted octanol–water partition coefficient (Wildman–Crippen LogP) is 6.52. The molecule has 0 atom stereocenters. The van der Waals surface area contributed by atoms with Crippen LogP contribution in [0.15, 0.2) is 84.9 Å². The van der Waals surface area contributed by atoms with Gasteiger partial charge in [-0.15, -0.1) is 0 Å². The molecule has 0 bridgehead atoms. The average molecular weight is 582 g/mol. The van der Waals surface area contributed by atoms with Crippen LogP contribution in [0.3, 0.4) is 0 Å². The fraction of sp³-hybridized carbons (Fsp3) is 0.235. The summed E-state index contributed by atoms with van der Waals surface area (Å²) in [5.74, 6) is -1.11. The van der Waals surface area contributed by atoms with E-state index in [1.54, 1.807) is 24.3 Å². The number of ether oxygens (including phenoxy) is 1. The second-order valence-electron chi connectivity index (χ2n) is 10.6. The van der Waals surface area contributed by atoms with Crippen molar-refractivity contribution >= 4 is 28.3 Å². The van der Waals surface area contributed by atoms with Gasteiger partial charge in [-0.25, -0.2) is 13.8 Å². The van der Waals surface area contributed by atoms with Gasteiger partial charge >= 0.3 is 0 Å². The van der Waals surface area contributed by atoms with Crippen LogP contribution in [0.1, 0.15) is 22.8 Å². The Morgan fingerprint density at radius 2 is 1.60 bits per heavy atom. The van der Waals surface area contributed by atoms with Crippen molar-refractivity contribution in [3.8, 4) is 17.1 Å². The monoisotopic (exact) mass is 581 g/mol. The molecule has 1 saturated heterocycles. The van der Waals surface area contributed by atoms with E-state index in [2.05, 4.69) is 69.5 Å². The Labute approximate surface area is 249 Å². The van der Waals surface area contributed by atoms with Crippen LogP contribution in [0.5, 0.6) is 5.75 Å². The summed E-state index contributed by atoms with van der Waals surface area (Å²) < 4.78 is 33.7. The number of halogens is 2. The number of piperazine rings is 1. The molecule has 2 N–H and O–H groups in total. The highest BCUT2D eigenvalue weighted by Crippen LogP contribution is 2.29. The Morgan fingerprint density at radius 3 is 2.30 bits per heavy atom. The van der Waals surface area contributed by atoms with Gasteiger partial charge in [0.2, 0.25) is 0 Å². The molecular weight excluding hydrogens is 548 g/mol. The number of nitrogens with one attached hydrogen (secondary N) is 2. The van der Waals surface area contributed by atoms with E-state index < -0.39 is 23.1 Å². The summed E-state index contributed by atoms with van der Waals surface area (Å²) in [5, 5.41) is 2.52. The SMILES string of the molecule is CCc1ccc(-c2nc3c(N4CCN(CCOc5ccc(NC(=O)c6c(F)cccc6F)cc5)CC4)cccc3[nH]2)cc1. The number of imidazole rings is 1. The Bertz CT molecular complexity index is 1690. The Hall–Kier alpha value is -4.76. The van der Waals surface area contributed by atoms with E-state index >= 15 is 0 Å². The number of H-pyrrole nitrogens is 1. The number of aromatic nitrogens is 2. The van der Waals surface area contributed by atoms with E-state index in [1.807, 2.05) is 0 Å². The first-order chi connectivity index (χ1) is 21.0. The van der Waals surface area contributed by atoms with Gasteiger partial charge in [-0.2, -0.15) is 0 Å². The molecule has 0 saturated carbocycles. The number of rotatable bonds is 9. The molecule has 6 rings (SSSR count). The molecule has 1 aromatic heterocycles. The van der Waals surface area contributed by atoms with E-state index in [0.717, 1.165) is 79.4 Å². The van der Waals surface area contributed by atoms with E-state index in [9.17, 15) is 13.6 Å². The van der Waals surface area contributed by atoms with Gasteiger partial charge in [-0.3, -0.25) is 9.69 Å². The lowest BCUT2D eigenvalue weighted by Gasteiger charge is -2.36. The maximum absolute atomic E-state index is 13.9. The third-order valence-corrected chi connectivity index (χ3v) is 7.82. The fourth-order valence-electron chi connectivity index (χ4n) is 5.36. The smallest absolute Gasteiger partial charge is 0.261 e. The van der Waals surface area contributed by atoms with Crippen LogP contribution in [0.25, 0.3) is 22.4 Å². The fourth-order valence-corrected chi connectivity index (χ4v) is 5.36. The number of nitrogens with zero attached hydrogens (tertiary/aromatic N) is 3. The third kappa shape index (κ3) is 6.36. The molecule has 4 aromatic carbocycles. The maximum atomic E-state index is 13.9. The largest absolute Gasteiger partial charge is 0.492 e. The summed E-state index contributed by atoms with van der Waals surface area (Å²) in [7, 11) is 0. The summed E-state index contributed by atoms with van der Waals surface area (Å²) in [6.45, 7) is 7.06. The number of amides is 1. The van der Waals surface area contributed by atoms with Crippen LogP contribution in [0.4, 0.5) is 20.2 Å². The van der Waals surface area contributed by atoms with Crippen LogP contribution in [0.2, 0.25) is 0 Å². The summed E-state index contributed by atoms with van der Waals surface area (Å²) in [5.41, 5.74) is 5.38. The van der Waals surface area contributed by atoms with Crippen molar-refractivity contribution in [2.75, 3.05) is 49.5 Å². The Morgan fingerprint density at radius 1 is 0.907 bits per heavy atom. The first-order valence-electron chi connectivity index (χ1n) is 14.5. The number of anilines is 2. The average Bonchev–Trinajstić information content (AvgIpc) is 3.47. The molecule has 0 aliphatic carbocycles. The molecule has 1 fully saturated rings. The lowest BCUT2D eigenvalue weighted by atomic mass is 10.1. The number of aromatic amines is 1. The van der Waals surface area contributed by atoms with E-state index in [1.165, 1.54) is 11.6 Å². The summed E-state index contributed by atoms with van der Waals surface area (Å²) in [4.78, 5) is 25.5. The minimum Gasteiger partial charge on any atom is -0.492 e. The second-order valence-corrected chi connectivity index (χ2v) is 10.6. The van der Waals surface area contributed by atoms with Crippen molar-refractivity contribution in [2.45, 2.75) is 13.3 Å². The van der Waals surface area contributed by atoms with Crippen LogP contribution in [-0.2, 0) is 6.42 Å². The highest BCUT2D eigenvalue weighted by atomic mass is 19.1. The van der Waals surface area contributed by atoms with Gasteiger partial charge < -0.3 is 19.9 Å². The van der Waals surface area contributed by atoms with Crippen molar-refractivity contribution in [1.29, 1.82) is 0 Å². The molecule has 7 nitrogen and oxygen atoms in total. The molecule has 0 spiro atoms. The van der Waals surface area contributed by atoms with Crippen molar-refractivity contribution in [2.24, 2.45) is 0 Å². The first-order valence-corrected chi connectivity index (χ1v) is 14.5. The highest BCUT2D eigenvalue weighted by molar-refractivity contribution is 6.04. The third-order valence-electron chi connectivity index (χ3n) is 7.82. The van der Waals surface area contributed by atoms with Crippen LogP contribution in [-0.4, -0.2) is 60.1 Å². The standard InChI is InChI=1S/C34H33F2N5O2/c1-2-23-9-11-24(12-10-23)33-38-29-7-4-8-30(32(29)39-33)41-19-17-40(18-20-41)21-22-43-26-15-13-25(14-16-26)37-34(42)31-27(35)5-3-6-28(31)36/h3-16H,2,17-22H2,1H3,(H,37,42)(H,38,39). The Kier molecular flexibility index (Phi) is 8.33. The predicted molar refractivity (Wildman–Crippen MR) is 166 cm³/mol. The normalized spacial score (nSPS) is 13.8. The minimum atomic E-state index is -0.904. The molecule has 9 heteroatoms. The quantitative estimate of drug-likeness (QED) is 0.207. The zero-order valence-electron chi connectivity index (χ0n) is 23.9. The van der Waals surface area contributed by atoms with E-state index in [4.69, 9.17) is 9.72 Å². The van der Waals surface area contributed by atoms with Gasteiger partial charge in [0.15, 0.2) is 0 Å². The van der Waals surface area contributed by atoms with Crippen LogP contribution in [0, 0.1) is 11.6 Å². The van der Waals surface area contributed by atoms with Gasteiger partial charge in [0.05, 0.1) is 11.2 Å². The summed E-state index contributed by atoms with van der Waals surface area (Å²) >= 11 is 0. The number of fused-ring (bicyclic) bond motifs is 1. The molecule has 0 unspecified atom stereocenters. The second kappa shape index (κ2) is 12.6. The maximum Gasteiger partial charge on any atom is 0.261 e. The number of hydrogen-bond donors (Lipinski definition) is 2. The molecule has 1 aliphatic rings. The van der Waals surface area contributed by atoms with Crippen LogP contribution < -0.4 is 15.0 Å². The zero-order chi connectivity index (χ0) is 29.8. The zero-order valence-corrected chi connectivity index (χ0v) is 23.9. The number of benzene rings is 4. The first kappa shape index (κ1) is 28.4. The van der Waals surface area contributed by atoms with Gasteiger partial charge in [0, 0.05) is 44.0 Å². The van der Waals surface area contributed by atoms with Crippen LogP contribution >= 0.6 is 0 Å². The van der Waals surface area contributed by atoms with Crippen molar-refractivity contribution < 1.29 is 18.3 Å². The van der Waals surface area contributed by atoms with E-state index in [0.29, 0.717) is 18.0 Å². The minimum absolute atomic E-state index is 0.421. The Balaban J connectivity index is 0.995. The molecule has 2 heterocycles. The molecular formula is C34H33F2N5O2. The molecule has 43 heavy (non-hydrogen) atoms. The molecule has 5 aromatic rings. The summed E-state index contributed by atoms with van der Waals surface area (Å²) in [6.07, 6.45) is 1.01. The molecule has 1 aliphatic heterocycles. The van der Waals surface area contributed by atoms with Gasteiger partial charge in [0.1, 0.15) is 40.9 Å². The number of hydrogen-bond acceptors (Lipinski definition) is 5. The number of carbonyl (C=O) groups is 1. The van der Waals surface area contributed by atoms with Gasteiger partial charge in [-0.1, -0.05) is 43.3 Å². The van der Waals surface area contributed by atoms with Crippen molar-refractivity contribution in [1.82, 2.24) is 14.9 Å². The molecule has 1 amide bonds. The van der Waals surface area contributed by atoms with Crippen molar-refractivity contribution in [3.05, 3.63) is 108 Å². The number of aryl methyl sites for hydroxylation is 1. The number of carbonyl (C=O) groups excluding carboxylic acids is 1. The van der Waals surface area contributed by atoms with Gasteiger partial charge in [-0.05, 0) is 60.5 Å². The lowest BCUT2D eigenvalue weighted by molar-refractivity contribution is 0.101. The van der Waals surface area contributed by atoms with Gasteiger partial charge in [0.25, 0.3) is 5.91 Å². The summed E-state index contributed by atoms with van der Waals surface area (Å²) in [6, 6.07) is 24.9. The highest BCUT2D eigenvalue weighted by Gasteiger charge is 2.21. The number of para-hydroxylation sites is 1. The lowest BCUT2D eigenvalue weighted by Crippen LogP contribution is -2.47. The topological polar surface area (TPSA) is 73.5 Å². The molecule has 220 valence electrons. The van der Waals surface area contributed by atoms with E-state index in [-0.39, 0.29) is 0 Å².